The normalized spacial score (nSPS) is 15.4. The Kier molecular flexibility index (Phi) is 5.69. The van der Waals surface area contributed by atoms with Gasteiger partial charge in [-0.3, -0.25) is 19.3 Å². The molecule has 0 aliphatic carbocycles. The number of imide groups is 1. The summed E-state index contributed by atoms with van der Waals surface area (Å²) in [5.41, 5.74) is 1.73. The second-order valence-corrected chi connectivity index (χ2v) is 6.82. The van der Waals surface area contributed by atoms with Crippen LogP contribution in [0.25, 0.3) is 0 Å². The van der Waals surface area contributed by atoms with E-state index in [0.717, 1.165) is 29.7 Å². The highest BCUT2D eigenvalue weighted by molar-refractivity contribution is 6.22. The van der Waals surface area contributed by atoms with Crippen molar-refractivity contribution < 1.29 is 14.4 Å². The van der Waals surface area contributed by atoms with Crippen LogP contribution in [-0.2, 0) is 4.79 Å². The number of fused-ring (bicyclic) bond motifs is 1. The largest absolute Gasteiger partial charge is 0.348 e. The van der Waals surface area contributed by atoms with Gasteiger partial charge in [0.2, 0.25) is 5.91 Å². The number of amides is 3. The molecule has 0 spiro atoms. The standard InChI is InChI=1S/C22H24N2O3/c1-3-4-14-19(16-10-6-5-7-11-16)23-20(25)15(2)24-21(26)17-12-8-9-13-18(17)22(24)27/h5-13,15,19H,3-4,14H2,1-2H3,(H,23,25). The van der Waals surface area contributed by atoms with Crippen LogP contribution < -0.4 is 5.32 Å². The quantitative estimate of drug-likeness (QED) is 0.762. The van der Waals surface area contributed by atoms with Crippen LogP contribution >= 0.6 is 0 Å². The van der Waals surface area contributed by atoms with Crippen LogP contribution in [-0.4, -0.2) is 28.7 Å². The molecule has 0 radical (unpaired) electrons. The number of benzene rings is 2. The Hall–Kier alpha value is -2.95. The van der Waals surface area contributed by atoms with Crippen molar-refractivity contribution in [3.05, 3.63) is 71.3 Å². The number of nitrogens with one attached hydrogen (secondary N) is 1. The summed E-state index contributed by atoms with van der Waals surface area (Å²) in [6.07, 6.45) is 2.80. The highest BCUT2D eigenvalue weighted by Gasteiger charge is 2.40. The molecule has 2 aromatic rings. The zero-order chi connectivity index (χ0) is 19.4. The fraction of sp³-hybridized carbons (Fsp3) is 0.318. The highest BCUT2D eigenvalue weighted by atomic mass is 16.2. The summed E-state index contributed by atoms with van der Waals surface area (Å²) in [5.74, 6) is -1.15. The van der Waals surface area contributed by atoms with E-state index in [0.29, 0.717) is 11.1 Å². The molecule has 1 aliphatic heterocycles. The minimum atomic E-state index is -0.870. The van der Waals surface area contributed by atoms with E-state index in [1.807, 2.05) is 30.3 Å². The first-order chi connectivity index (χ1) is 13.0. The van der Waals surface area contributed by atoms with Crippen LogP contribution in [0.5, 0.6) is 0 Å². The molecular formula is C22H24N2O3. The minimum Gasteiger partial charge on any atom is -0.348 e. The number of unbranched alkanes of at least 4 members (excludes halogenated alkanes) is 1. The van der Waals surface area contributed by atoms with Gasteiger partial charge < -0.3 is 5.32 Å². The van der Waals surface area contributed by atoms with E-state index in [1.165, 1.54) is 0 Å². The van der Waals surface area contributed by atoms with Crippen molar-refractivity contribution in [3.8, 4) is 0 Å². The second-order valence-electron chi connectivity index (χ2n) is 6.82. The Morgan fingerprint density at radius 1 is 0.963 bits per heavy atom. The molecule has 140 valence electrons. The van der Waals surface area contributed by atoms with Crippen molar-refractivity contribution in [2.45, 2.75) is 45.2 Å². The van der Waals surface area contributed by atoms with E-state index in [4.69, 9.17) is 0 Å². The third-order valence-corrected chi connectivity index (χ3v) is 4.96. The Morgan fingerprint density at radius 2 is 1.52 bits per heavy atom. The van der Waals surface area contributed by atoms with Crippen molar-refractivity contribution in [2.75, 3.05) is 0 Å². The smallest absolute Gasteiger partial charge is 0.262 e. The zero-order valence-electron chi connectivity index (χ0n) is 15.6. The lowest BCUT2D eigenvalue weighted by Gasteiger charge is -2.25. The topological polar surface area (TPSA) is 66.5 Å². The number of nitrogens with zero attached hydrogens (tertiary/aromatic N) is 1. The van der Waals surface area contributed by atoms with Gasteiger partial charge >= 0.3 is 0 Å². The van der Waals surface area contributed by atoms with E-state index < -0.39 is 17.9 Å². The molecule has 27 heavy (non-hydrogen) atoms. The first-order valence-corrected chi connectivity index (χ1v) is 9.36. The third-order valence-electron chi connectivity index (χ3n) is 4.96. The summed E-state index contributed by atoms with van der Waals surface area (Å²) in [6, 6.07) is 15.4. The lowest BCUT2D eigenvalue weighted by Crippen LogP contribution is -2.48. The fourth-order valence-electron chi connectivity index (χ4n) is 3.38. The molecule has 1 aliphatic rings. The first kappa shape index (κ1) is 18.8. The summed E-state index contributed by atoms with van der Waals surface area (Å²) in [6.45, 7) is 3.70. The van der Waals surface area contributed by atoms with E-state index in [9.17, 15) is 14.4 Å². The predicted molar refractivity (Wildman–Crippen MR) is 103 cm³/mol. The third kappa shape index (κ3) is 3.77. The van der Waals surface area contributed by atoms with Gasteiger partial charge in [0.05, 0.1) is 17.2 Å². The maximum Gasteiger partial charge on any atom is 0.262 e. The van der Waals surface area contributed by atoms with Gasteiger partial charge in [0.1, 0.15) is 6.04 Å². The average molecular weight is 364 g/mol. The molecular weight excluding hydrogens is 340 g/mol. The summed E-state index contributed by atoms with van der Waals surface area (Å²) in [5, 5.41) is 3.03. The van der Waals surface area contributed by atoms with Gasteiger partial charge in [-0.2, -0.15) is 0 Å². The molecule has 0 bridgehead atoms. The molecule has 0 fully saturated rings. The van der Waals surface area contributed by atoms with Crippen LogP contribution in [0.2, 0.25) is 0 Å². The van der Waals surface area contributed by atoms with Gasteiger partial charge in [0.25, 0.3) is 11.8 Å². The molecule has 0 aromatic heterocycles. The van der Waals surface area contributed by atoms with Gasteiger partial charge in [0.15, 0.2) is 0 Å². The number of carbonyl (C=O) groups is 3. The maximum atomic E-state index is 12.9. The maximum absolute atomic E-state index is 12.9. The fourth-order valence-corrected chi connectivity index (χ4v) is 3.38. The number of hydrogen-bond acceptors (Lipinski definition) is 3. The van der Waals surface area contributed by atoms with Crippen LogP contribution in [0.4, 0.5) is 0 Å². The molecule has 3 amide bonds. The minimum absolute atomic E-state index is 0.142. The molecule has 2 unspecified atom stereocenters. The highest BCUT2D eigenvalue weighted by Crippen LogP contribution is 2.25. The Labute approximate surface area is 159 Å². The lowest BCUT2D eigenvalue weighted by molar-refractivity contribution is -0.125. The number of rotatable bonds is 7. The van der Waals surface area contributed by atoms with Crippen LogP contribution in [0, 0.1) is 0 Å². The summed E-state index contributed by atoms with van der Waals surface area (Å²) in [4.78, 5) is 39.1. The Morgan fingerprint density at radius 3 is 2.07 bits per heavy atom. The van der Waals surface area contributed by atoms with Gasteiger partial charge in [-0.05, 0) is 31.0 Å². The molecule has 1 N–H and O–H groups in total. The van der Waals surface area contributed by atoms with E-state index in [-0.39, 0.29) is 11.9 Å². The molecule has 2 atom stereocenters. The number of hydrogen-bond donors (Lipinski definition) is 1. The predicted octanol–water partition coefficient (Wildman–Crippen LogP) is 3.72. The van der Waals surface area contributed by atoms with Crippen LogP contribution in [0.3, 0.4) is 0 Å². The first-order valence-electron chi connectivity index (χ1n) is 9.36. The second kappa shape index (κ2) is 8.16. The van der Waals surface area contributed by atoms with E-state index >= 15 is 0 Å². The molecule has 0 saturated heterocycles. The van der Waals surface area contributed by atoms with Crippen molar-refractivity contribution >= 4 is 17.7 Å². The lowest BCUT2D eigenvalue weighted by atomic mass is 10.0. The SMILES string of the molecule is CCCCC(NC(=O)C(C)N1C(=O)c2ccccc2C1=O)c1ccccc1. The van der Waals surface area contributed by atoms with Crippen molar-refractivity contribution in [2.24, 2.45) is 0 Å². The van der Waals surface area contributed by atoms with Gasteiger partial charge in [-0.25, -0.2) is 0 Å². The van der Waals surface area contributed by atoms with E-state index in [2.05, 4.69) is 12.2 Å². The molecule has 5 heteroatoms. The van der Waals surface area contributed by atoms with Crippen LogP contribution in [0.15, 0.2) is 54.6 Å². The average Bonchev–Trinajstić information content (AvgIpc) is 2.96. The molecule has 3 rings (SSSR count). The van der Waals surface area contributed by atoms with Crippen molar-refractivity contribution in [3.63, 3.8) is 0 Å². The van der Waals surface area contributed by atoms with Gasteiger partial charge in [-0.1, -0.05) is 62.2 Å². The zero-order valence-corrected chi connectivity index (χ0v) is 15.6. The van der Waals surface area contributed by atoms with Crippen molar-refractivity contribution in [1.29, 1.82) is 0 Å². The molecule has 1 heterocycles. The summed E-state index contributed by atoms with van der Waals surface area (Å²) >= 11 is 0. The van der Waals surface area contributed by atoms with Gasteiger partial charge in [-0.15, -0.1) is 0 Å². The Balaban J connectivity index is 1.76. The molecule has 0 saturated carbocycles. The summed E-state index contributed by atoms with van der Waals surface area (Å²) in [7, 11) is 0. The summed E-state index contributed by atoms with van der Waals surface area (Å²) < 4.78 is 0. The van der Waals surface area contributed by atoms with Crippen molar-refractivity contribution in [1.82, 2.24) is 10.2 Å². The number of carbonyl (C=O) groups excluding carboxylic acids is 3. The monoisotopic (exact) mass is 364 g/mol. The van der Waals surface area contributed by atoms with E-state index in [1.54, 1.807) is 31.2 Å². The van der Waals surface area contributed by atoms with Gasteiger partial charge in [0, 0.05) is 0 Å². The molecule has 5 nitrogen and oxygen atoms in total. The molecule has 2 aromatic carbocycles. The Bertz CT molecular complexity index is 813. The van der Waals surface area contributed by atoms with Crippen LogP contribution in [0.1, 0.15) is 65.4 Å².